The summed E-state index contributed by atoms with van der Waals surface area (Å²) in [4.78, 5) is 4.87. The van der Waals surface area contributed by atoms with Crippen molar-refractivity contribution < 1.29 is 4.74 Å². The van der Waals surface area contributed by atoms with E-state index in [-0.39, 0.29) is 5.41 Å². The fraction of sp³-hybridized carbons (Fsp3) is 0.929. The third kappa shape index (κ3) is 3.64. The molecule has 0 saturated heterocycles. The van der Waals surface area contributed by atoms with Crippen molar-refractivity contribution in [1.82, 2.24) is 5.32 Å². The van der Waals surface area contributed by atoms with Crippen molar-refractivity contribution in [2.24, 2.45) is 10.4 Å². The second-order valence-electron chi connectivity index (χ2n) is 6.34. The first-order valence-corrected chi connectivity index (χ1v) is 8.06. The maximum Gasteiger partial charge on any atom is 0.157 e. The number of thioether (sulfide) groups is 1. The molecular weight excluding hydrogens is 244 g/mol. The molecular formula is C14H26N2OS. The van der Waals surface area contributed by atoms with E-state index in [1.54, 1.807) is 0 Å². The molecule has 0 bridgehead atoms. The Labute approximate surface area is 115 Å². The lowest BCUT2D eigenvalue weighted by Crippen LogP contribution is -2.48. The molecule has 4 heteroatoms. The molecule has 1 fully saturated rings. The van der Waals surface area contributed by atoms with Crippen molar-refractivity contribution in [3.05, 3.63) is 0 Å². The van der Waals surface area contributed by atoms with Gasteiger partial charge in [0.05, 0.1) is 12.1 Å². The molecule has 3 nitrogen and oxygen atoms in total. The normalized spacial score (nSPS) is 32.7. The van der Waals surface area contributed by atoms with E-state index in [9.17, 15) is 0 Å². The molecule has 1 N–H and O–H groups in total. The van der Waals surface area contributed by atoms with Gasteiger partial charge in [-0.1, -0.05) is 32.5 Å². The van der Waals surface area contributed by atoms with Crippen LogP contribution in [0.4, 0.5) is 0 Å². The highest BCUT2D eigenvalue weighted by Gasteiger charge is 2.32. The minimum atomic E-state index is 0.279. The number of rotatable bonds is 3. The molecule has 2 aliphatic rings. The summed E-state index contributed by atoms with van der Waals surface area (Å²) in [5.74, 6) is 1.19. The zero-order valence-corrected chi connectivity index (χ0v) is 12.8. The van der Waals surface area contributed by atoms with Crippen LogP contribution in [0.1, 0.15) is 47.0 Å². The van der Waals surface area contributed by atoms with Crippen LogP contribution in [-0.2, 0) is 4.74 Å². The Morgan fingerprint density at radius 1 is 1.39 bits per heavy atom. The van der Waals surface area contributed by atoms with E-state index < -0.39 is 0 Å². The molecule has 1 unspecified atom stereocenters. The van der Waals surface area contributed by atoms with Crippen molar-refractivity contribution >= 4 is 16.9 Å². The van der Waals surface area contributed by atoms with E-state index in [2.05, 4.69) is 33.0 Å². The Bertz CT molecular complexity index is 305. The Morgan fingerprint density at radius 3 is 2.72 bits per heavy atom. The number of amidine groups is 1. The Morgan fingerprint density at radius 2 is 2.11 bits per heavy atom. The minimum absolute atomic E-state index is 0.279. The summed E-state index contributed by atoms with van der Waals surface area (Å²) in [6.45, 7) is 9.74. The molecule has 2 rings (SSSR count). The topological polar surface area (TPSA) is 33.6 Å². The standard InChI is InChI=1S/C14H26N2OS/c1-5-17-11-8-10(9-11)15-13-16-12(6-7-18-13)14(2,3)4/h10-12H,5-9H2,1-4H3,(H,15,16). The maximum absolute atomic E-state index is 5.59. The first-order chi connectivity index (χ1) is 8.49. The highest BCUT2D eigenvalue weighted by molar-refractivity contribution is 8.13. The predicted octanol–water partition coefficient (Wildman–Crippen LogP) is 3.05. The van der Waals surface area contributed by atoms with Crippen LogP contribution in [0, 0.1) is 5.41 Å². The highest BCUT2D eigenvalue weighted by atomic mass is 32.2. The molecule has 0 aromatic carbocycles. The number of nitrogens with zero attached hydrogens (tertiary/aromatic N) is 1. The molecule has 1 aliphatic heterocycles. The molecule has 18 heavy (non-hydrogen) atoms. The van der Waals surface area contributed by atoms with Crippen molar-refractivity contribution in [2.45, 2.75) is 65.1 Å². The Kier molecular flexibility index (Phi) is 4.59. The molecule has 0 amide bonds. The third-order valence-electron chi connectivity index (χ3n) is 3.73. The smallest absolute Gasteiger partial charge is 0.157 e. The average molecular weight is 270 g/mol. The number of hydrogen-bond donors (Lipinski definition) is 1. The number of aliphatic imine (C=N–C) groups is 1. The Balaban J connectivity index is 1.81. The van der Waals surface area contributed by atoms with Crippen LogP contribution in [0.5, 0.6) is 0 Å². The second-order valence-corrected chi connectivity index (χ2v) is 7.43. The van der Waals surface area contributed by atoms with Crippen molar-refractivity contribution in [2.75, 3.05) is 12.4 Å². The van der Waals surface area contributed by atoms with Crippen molar-refractivity contribution in [1.29, 1.82) is 0 Å². The first-order valence-electron chi connectivity index (χ1n) is 7.07. The van der Waals surface area contributed by atoms with Crippen LogP contribution in [0.25, 0.3) is 0 Å². The molecule has 104 valence electrons. The Hall–Kier alpha value is -0.220. The lowest BCUT2D eigenvalue weighted by atomic mass is 9.85. The van der Waals surface area contributed by atoms with Gasteiger partial charge in [-0.05, 0) is 31.6 Å². The van der Waals surface area contributed by atoms with E-state index in [0.717, 1.165) is 24.6 Å². The monoisotopic (exact) mass is 270 g/mol. The van der Waals surface area contributed by atoms with Gasteiger partial charge >= 0.3 is 0 Å². The number of nitrogens with one attached hydrogen (secondary N) is 1. The SMILES string of the molecule is CCOC1CC(NC2=NC(C(C)(C)C)CCS2)C1. The van der Waals surface area contributed by atoms with Gasteiger partial charge in [0.15, 0.2) is 5.17 Å². The second kappa shape index (κ2) is 5.83. The van der Waals surface area contributed by atoms with Gasteiger partial charge in [-0.2, -0.15) is 0 Å². The third-order valence-corrected chi connectivity index (χ3v) is 4.66. The summed E-state index contributed by atoms with van der Waals surface area (Å²) >= 11 is 1.87. The lowest BCUT2D eigenvalue weighted by Gasteiger charge is -2.38. The quantitative estimate of drug-likeness (QED) is 0.856. The average Bonchev–Trinajstić information content (AvgIpc) is 2.26. The summed E-state index contributed by atoms with van der Waals surface area (Å²) in [6.07, 6.45) is 3.94. The zero-order valence-electron chi connectivity index (χ0n) is 12.0. The van der Waals surface area contributed by atoms with Crippen LogP contribution in [0.2, 0.25) is 0 Å². The van der Waals surface area contributed by atoms with E-state index in [1.807, 2.05) is 11.8 Å². The molecule has 1 heterocycles. The number of hydrogen-bond acceptors (Lipinski definition) is 4. The molecule has 1 atom stereocenters. The van der Waals surface area contributed by atoms with E-state index in [4.69, 9.17) is 9.73 Å². The molecule has 0 aromatic heterocycles. The lowest BCUT2D eigenvalue weighted by molar-refractivity contribution is -0.00546. The number of ether oxygens (including phenoxy) is 1. The van der Waals surface area contributed by atoms with Gasteiger partial charge in [0.2, 0.25) is 0 Å². The van der Waals surface area contributed by atoms with Crippen LogP contribution in [0.15, 0.2) is 4.99 Å². The zero-order chi connectivity index (χ0) is 13.2. The van der Waals surface area contributed by atoms with Gasteiger partial charge in [-0.25, -0.2) is 0 Å². The van der Waals surface area contributed by atoms with Gasteiger partial charge in [-0.3, -0.25) is 4.99 Å². The summed E-state index contributed by atoms with van der Waals surface area (Å²) in [6, 6.07) is 1.04. The highest BCUT2D eigenvalue weighted by Crippen LogP contribution is 2.31. The van der Waals surface area contributed by atoms with E-state index >= 15 is 0 Å². The van der Waals surface area contributed by atoms with Gasteiger partial charge in [-0.15, -0.1) is 0 Å². The van der Waals surface area contributed by atoms with Crippen molar-refractivity contribution in [3.63, 3.8) is 0 Å². The van der Waals surface area contributed by atoms with Crippen LogP contribution in [-0.4, -0.2) is 35.7 Å². The minimum Gasteiger partial charge on any atom is -0.378 e. The predicted molar refractivity (Wildman–Crippen MR) is 79.3 cm³/mol. The van der Waals surface area contributed by atoms with Gasteiger partial charge in [0, 0.05) is 18.4 Å². The fourth-order valence-corrected chi connectivity index (χ4v) is 3.43. The van der Waals surface area contributed by atoms with E-state index in [0.29, 0.717) is 18.2 Å². The fourth-order valence-electron chi connectivity index (χ4n) is 2.45. The van der Waals surface area contributed by atoms with Crippen molar-refractivity contribution in [3.8, 4) is 0 Å². The summed E-state index contributed by atoms with van der Waals surface area (Å²) in [7, 11) is 0. The van der Waals surface area contributed by atoms with Gasteiger partial charge in [0.25, 0.3) is 0 Å². The molecule has 0 radical (unpaired) electrons. The van der Waals surface area contributed by atoms with Crippen LogP contribution < -0.4 is 5.32 Å². The summed E-state index contributed by atoms with van der Waals surface area (Å²) < 4.78 is 5.59. The first kappa shape index (κ1) is 14.2. The van der Waals surface area contributed by atoms with Gasteiger partial charge in [0.1, 0.15) is 0 Å². The summed E-state index contributed by atoms with van der Waals surface area (Å²) in [5.41, 5.74) is 0.279. The molecule has 0 spiro atoms. The maximum atomic E-state index is 5.59. The van der Waals surface area contributed by atoms with Crippen LogP contribution >= 0.6 is 11.8 Å². The van der Waals surface area contributed by atoms with E-state index in [1.165, 1.54) is 12.2 Å². The van der Waals surface area contributed by atoms with Crippen LogP contribution in [0.3, 0.4) is 0 Å². The molecule has 1 saturated carbocycles. The molecule has 0 aromatic rings. The van der Waals surface area contributed by atoms with Gasteiger partial charge < -0.3 is 10.1 Å². The summed E-state index contributed by atoms with van der Waals surface area (Å²) in [5, 5.41) is 4.73. The molecule has 1 aliphatic carbocycles. The largest absolute Gasteiger partial charge is 0.378 e.